The third-order valence-corrected chi connectivity index (χ3v) is 3.69. The highest BCUT2D eigenvalue weighted by atomic mass is 16.3. The largest absolute Gasteiger partial charge is 0.392 e. The maximum absolute atomic E-state index is 9.61. The molecule has 3 aromatic rings. The number of pyridine rings is 1. The lowest BCUT2D eigenvalue weighted by Gasteiger charge is -2.20. The zero-order valence-corrected chi connectivity index (χ0v) is 12.2. The molecule has 3 nitrogen and oxygen atoms in total. The molecule has 106 valence electrons. The van der Waals surface area contributed by atoms with E-state index >= 15 is 0 Å². The number of hydrogen-bond donors (Lipinski definition) is 1. The fourth-order valence-corrected chi connectivity index (χ4v) is 2.50. The van der Waals surface area contributed by atoms with Crippen molar-refractivity contribution in [2.75, 3.05) is 11.9 Å². The Hall–Kier alpha value is -2.39. The van der Waals surface area contributed by atoms with Crippen molar-refractivity contribution >= 4 is 22.4 Å². The zero-order chi connectivity index (χ0) is 14.8. The highest BCUT2D eigenvalue weighted by Gasteiger charge is 2.10. The first kappa shape index (κ1) is 13.6. The van der Waals surface area contributed by atoms with Crippen LogP contribution in [0.25, 0.3) is 10.9 Å². The molecular weight excluding hydrogens is 260 g/mol. The second kappa shape index (κ2) is 5.54. The summed E-state index contributed by atoms with van der Waals surface area (Å²) in [6, 6.07) is 18.1. The van der Waals surface area contributed by atoms with Gasteiger partial charge in [-0.25, -0.2) is 4.98 Å². The summed E-state index contributed by atoms with van der Waals surface area (Å²) in [5, 5.41) is 10.6. The molecule has 0 saturated heterocycles. The molecule has 0 bridgehead atoms. The monoisotopic (exact) mass is 278 g/mol. The standard InChI is InChI=1S/C18H18N2O/c1-13-6-5-7-15(10-13)20(2)18-11-14(12-21)16-8-3-4-9-17(16)19-18/h3-11,21H,12H2,1-2H3. The van der Waals surface area contributed by atoms with Crippen LogP contribution in [0.1, 0.15) is 11.1 Å². The van der Waals surface area contributed by atoms with Crippen LogP contribution >= 0.6 is 0 Å². The van der Waals surface area contributed by atoms with E-state index in [0.29, 0.717) is 0 Å². The molecule has 0 fully saturated rings. The van der Waals surface area contributed by atoms with E-state index in [-0.39, 0.29) is 6.61 Å². The number of hydrogen-bond acceptors (Lipinski definition) is 3. The molecule has 1 aromatic heterocycles. The summed E-state index contributed by atoms with van der Waals surface area (Å²) in [5.74, 6) is 0.836. The summed E-state index contributed by atoms with van der Waals surface area (Å²) >= 11 is 0. The lowest BCUT2D eigenvalue weighted by atomic mass is 10.1. The molecule has 21 heavy (non-hydrogen) atoms. The van der Waals surface area contributed by atoms with Crippen LogP contribution in [0.2, 0.25) is 0 Å². The van der Waals surface area contributed by atoms with Crippen LogP contribution in [-0.4, -0.2) is 17.1 Å². The minimum Gasteiger partial charge on any atom is -0.392 e. The summed E-state index contributed by atoms with van der Waals surface area (Å²) in [6.07, 6.45) is 0. The molecule has 0 atom stereocenters. The van der Waals surface area contributed by atoms with E-state index in [1.807, 2.05) is 48.3 Å². The number of benzene rings is 2. The summed E-state index contributed by atoms with van der Waals surface area (Å²) in [7, 11) is 1.99. The minimum atomic E-state index is 0.0116. The summed E-state index contributed by atoms with van der Waals surface area (Å²) in [4.78, 5) is 6.74. The molecule has 0 aliphatic rings. The van der Waals surface area contributed by atoms with Crippen LogP contribution in [0, 0.1) is 6.92 Å². The Labute approximate surface area is 124 Å². The maximum atomic E-state index is 9.61. The Morgan fingerprint density at radius 1 is 1.05 bits per heavy atom. The van der Waals surface area contributed by atoms with Crippen molar-refractivity contribution in [3.05, 3.63) is 65.7 Å². The van der Waals surface area contributed by atoms with Crippen molar-refractivity contribution in [1.82, 2.24) is 4.98 Å². The summed E-state index contributed by atoms with van der Waals surface area (Å²) < 4.78 is 0. The van der Waals surface area contributed by atoms with Crippen LogP contribution in [0.5, 0.6) is 0 Å². The highest BCUT2D eigenvalue weighted by Crippen LogP contribution is 2.27. The van der Waals surface area contributed by atoms with Gasteiger partial charge in [0.25, 0.3) is 0 Å². The van der Waals surface area contributed by atoms with Crippen LogP contribution in [-0.2, 0) is 6.61 Å². The van der Waals surface area contributed by atoms with E-state index in [9.17, 15) is 5.11 Å². The smallest absolute Gasteiger partial charge is 0.133 e. The SMILES string of the molecule is Cc1cccc(N(C)c2cc(CO)c3ccccc3n2)c1. The third kappa shape index (κ3) is 2.60. The fourth-order valence-electron chi connectivity index (χ4n) is 2.50. The molecule has 0 aliphatic carbocycles. The Morgan fingerprint density at radius 3 is 2.62 bits per heavy atom. The van der Waals surface area contributed by atoms with Crippen molar-refractivity contribution < 1.29 is 5.11 Å². The van der Waals surface area contributed by atoms with E-state index in [0.717, 1.165) is 28.0 Å². The lowest BCUT2D eigenvalue weighted by Crippen LogP contribution is -2.12. The summed E-state index contributed by atoms with van der Waals surface area (Å²) in [6.45, 7) is 2.09. The van der Waals surface area contributed by atoms with Crippen molar-refractivity contribution in [3.8, 4) is 0 Å². The van der Waals surface area contributed by atoms with E-state index in [1.165, 1.54) is 5.56 Å². The van der Waals surface area contributed by atoms with Gasteiger partial charge >= 0.3 is 0 Å². The first-order valence-electron chi connectivity index (χ1n) is 6.99. The average Bonchev–Trinajstić information content (AvgIpc) is 2.53. The Balaban J connectivity index is 2.12. The van der Waals surface area contributed by atoms with Crippen molar-refractivity contribution in [2.45, 2.75) is 13.5 Å². The molecule has 2 aromatic carbocycles. The summed E-state index contributed by atoms with van der Waals surface area (Å²) in [5.41, 5.74) is 4.10. The highest BCUT2D eigenvalue weighted by molar-refractivity contribution is 5.84. The number of para-hydroxylation sites is 1. The van der Waals surface area contributed by atoms with Gasteiger partial charge in [-0.2, -0.15) is 0 Å². The average molecular weight is 278 g/mol. The number of fused-ring (bicyclic) bond motifs is 1. The van der Waals surface area contributed by atoms with E-state index in [2.05, 4.69) is 25.1 Å². The van der Waals surface area contributed by atoms with E-state index in [1.54, 1.807) is 0 Å². The molecule has 0 saturated carbocycles. The van der Waals surface area contributed by atoms with Gasteiger partial charge in [-0.05, 0) is 42.3 Å². The van der Waals surface area contributed by atoms with Crippen LogP contribution in [0.15, 0.2) is 54.6 Å². The fraction of sp³-hybridized carbons (Fsp3) is 0.167. The van der Waals surface area contributed by atoms with Gasteiger partial charge in [0.1, 0.15) is 5.82 Å². The molecular formula is C18H18N2O. The molecule has 3 rings (SSSR count). The maximum Gasteiger partial charge on any atom is 0.133 e. The molecule has 0 amide bonds. The number of nitrogens with zero attached hydrogens (tertiary/aromatic N) is 2. The molecule has 3 heteroatoms. The van der Waals surface area contributed by atoms with Crippen LogP contribution in [0.4, 0.5) is 11.5 Å². The van der Waals surface area contributed by atoms with Gasteiger partial charge in [-0.3, -0.25) is 0 Å². The van der Waals surface area contributed by atoms with Gasteiger partial charge in [-0.15, -0.1) is 0 Å². The van der Waals surface area contributed by atoms with Gasteiger partial charge in [-0.1, -0.05) is 30.3 Å². The molecule has 0 aliphatic heterocycles. The van der Waals surface area contributed by atoms with Gasteiger partial charge in [0.05, 0.1) is 12.1 Å². The lowest BCUT2D eigenvalue weighted by molar-refractivity contribution is 0.283. The minimum absolute atomic E-state index is 0.0116. The van der Waals surface area contributed by atoms with Gasteiger partial charge in [0.15, 0.2) is 0 Å². The van der Waals surface area contributed by atoms with Gasteiger partial charge < -0.3 is 10.0 Å². The Bertz CT molecular complexity index is 783. The molecule has 0 unspecified atom stereocenters. The predicted molar refractivity (Wildman–Crippen MR) is 86.9 cm³/mol. The molecule has 1 N–H and O–H groups in total. The van der Waals surface area contributed by atoms with Crippen molar-refractivity contribution in [1.29, 1.82) is 0 Å². The van der Waals surface area contributed by atoms with Gasteiger partial charge in [0.2, 0.25) is 0 Å². The van der Waals surface area contributed by atoms with Crippen LogP contribution < -0.4 is 4.90 Å². The molecule has 1 heterocycles. The van der Waals surface area contributed by atoms with E-state index < -0.39 is 0 Å². The number of anilines is 2. The number of aromatic nitrogens is 1. The Morgan fingerprint density at radius 2 is 1.86 bits per heavy atom. The third-order valence-electron chi connectivity index (χ3n) is 3.69. The van der Waals surface area contributed by atoms with Crippen LogP contribution in [0.3, 0.4) is 0 Å². The van der Waals surface area contributed by atoms with Crippen molar-refractivity contribution in [2.24, 2.45) is 0 Å². The number of rotatable bonds is 3. The zero-order valence-electron chi connectivity index (χ0n) is 12.2. The van der Waals surface area contributed by atoms with Gasteiger partial charge in [0, 0.05) is 18.1 Å². The first-order valence-corrected chi connectivity index (χ1v) is 6.99. The second-order valence-corrected chi connectivity index (χ2v) is 5.21. The molecule has 0 radical (unpaired) electrons. The number of aliphatic hydroxyl groups excluding tert-OH is 1. The molecule has 0 spiro atoms. The van der Waals surface area contributed by atoms with Crippen molar-refractivity contribution in [3.63, 3.8) is 0 Å². The topological polar surface area (TPSA) is 36.4 Å². The predicted octanol–water partition coefficient (Wildman–Crippen LogP) is 3.80. The normalized spacial score (nSPS) is 10.8. The first-order chi connectivity index (χ1) is 10.2. The Kier molecular flexibility index (Phi) is 3.59. The number of aryl methyl sites for hydroxylation is 1. The van der Waals surface area contributed by atoms with E-state index in [4.69, 9.17) is 4.98 Å². The number of aliphatic hydroxyl groups is 1. The second-order valence-electron chi connectivity index (χ2n) is 5.21. The quantitative estimate of drug-likeness (QED) is 0.791.